The van der Waals surface area contributed by atoms with Crippen LogP contribution in [0.4, 0.5) is 18.9 Å². The summed E-state index contributed by atoms with van der Waals surface area (Å²) >= 11 is 1.55. The maximum atomic E-state index is 13.9. The van der Waals surface area contributed by atoms with Gasteiger partial charge in [0.25, 0.3) is 5.91 Å². The van der Waals surface area contributed by atoms with Crippen LogP contribution in [0.5, 0.6) is 0 Å². The van der Waals surface area contributed by atoms with E-state index in [9.17, 15) is 22.8 Å². The Balaban J connectivity index is 1.02. The van der Waals surface area contributed by atoms with Gasteiger partial charge < -0.3 is 15.1 Å². The first-order chi connectivity index (χ1) is 23.2. The minimum atomic E-state index is -4.51. The van der Waals surface area contributed by atoms with Gasteiger partial charge >= 0.3 is 6.18 Å². The number of anilines is 1. The Bertz CT molecular complexity index is 1760. The van der Waals surface area contributed by atoms with E-state index in [1.54, 1.807) is 11.8 Å². The van der Waals surface area contributed by atoms with Crippen LogP contribution in [-0.2, 0) is 23.3 Å². The van der Waals surface area contributed by atoms with Gasteiger partial charge in [-0.2, -0.15) is 13.2 Å². The fourth-order valence-corrected chi connectivity index (χ4v) is 8.55. The molecule has 0 radical (unpaired) electrons. The van der Waals surface area contributed by atoms with Crippen LogP contribution in [0.2, 0.25) is 0 Å². The molecule has 0 aromatic heterocycles. The third-order valence-corrected chi connectivity index (χ3v) is 10.9. The standard InChI is InChI=1S/C38H37F3N4O2S/c39-38(40,41)26-42-36(47)37(31-11-4-6-13-33(31)48-34-14-7-5-12-32(34)37)17-8-18-43-19-21-44(22-20-43)29-16-15-28-25-45(35(46)30(28)23-29)24-27-9-2-1-3-10-27/h1-7,9-16,23H,8,17-22,24-26H2,(H,42,47). The zero-order valence-electron chi connectivity index (χ0n) is 26.5. The van der Waals surface area contributed by atoms with E-state index in [0.717, 1.165) is 76.0 Å². The predicted octanol–water partition coefficient (Wildman–Crippen LogP) is 6.87. The molecule has 0 saturated carbocycles. The van der Waals surface area contributed by atoms with Crippen LogP contribution in [0, 0.1) is 0 Å². The Labute approximate surface area is 282 Å². The largest absolute Gasteiger partial charge is 0.405 e. The van der Waals surface area contributed by atoms with Crippen molar-refractivity contribution in [3.8, 4) is 0 Å². The molecule has 4 aromatic rings. The van der Waals surface area contributed by atoms with Crippen molar-refractivity contribution in [3.63, 3.8) is 0 Å². The number of alkyl halides is 3. The van der Waals surface area contributed by atoms with Gasteiger partial charge in [-0.3, -0.25) is 14.5 Å². The van der Waals surface area contributed by atoms with Gasteiger partial charge in [-0.15, -0.1) is 0 Å². The number of benzene rings is 4. The molecule has 3 aliphatic heterocycles. The Morgan fingerprint density at radius 1 is 0.833 bits per heavy atom. The van der Waals surface area contributed by atoms with Gasteiger partial charge in [0.2, 0.25) is 5.91 Å². The van der Waals surface area contributed by atoms with Crippen LogP contribution in [0.1, 0.15) is 45.5 Å². The summed E-state index contributed by atoms with van der Waals surface area (Å²) in [6.07, 6.45) is -3.48. The van der Waals surface area contributed by atoms with Crippen molar-refractivity contribution in [1.29, 1.82) is 0 Å². The average molecular weight is 671 g/mol. The number of fused-ring (bicyclic) bond motifs is 3. The van der Waals surface area contributed by atoms with Crippen molar-refractivity contribution in [2.45, 2.75) is 47.3 Å². The van der Waals surface area contributed by atoms with Crippen molar-refractivity contribution in [2.24, 2.45) is 0 Å². The molecule has 0 atom stereocenters. The van der Waals surface area contributed by atoms with Crippen molar-refractivity contribution in [2.75, 3.05) is 44.2 Å². The minimum Gasteiger partial charge on any atom is -0.369 e. The van der Waals surface area contributed by atoms with Gasteiger partial charge in [0.05, 0.1) is 0 Å². The lowest BCUT2D eigenvalue weighted by atomic mass is 9.70. The third kappa shape index (κ3) is 6.43. The molecule has 248 valence electrons. The Kier molecular flexibility index (Phi) is 8.96. The number of halogens is 3. The van der Waals surface area contributed by atoms with Gasteiger partial charge in [-0.25, -0.2) is 0 Å². The number of piperazine rings is 1. The summed E-state index contributed by atoms with van der Waals surface area (Å²) in [5.41, 5.74) is 4.26. The number of amides is 2. The summed E-state index contributed by atoms with van der Waals surface area (Å²) < 4.78 is 39.8. The highest BCUT2D eigenvalue weighted by Crippen LogP contribution is 2.51. The molecule has 1 saturated heterocycles. The molecule has 0 aliphatic carbocycles. The fraction of sp³-hybridized carbons (Fsp3) is 0.316. The number of nitrogens with zero attached hydrogens (tertiary/aromatic N) is 3. The van der Waals surface area contributed by atoms with E-state index in [-0.39, 0.29) is 5.91 Å². The Morgan fingerprint density at radius 2 is 1.48 bits per heavy atom. The molecule has 2 amide bonds. The highest BCUT2D eigenvalue weighted by Gasteiger charge is 2.47. The minimum absolute atomic E-state index is 0.0619. The maximum Gasteiger partial charge on any atom is 0.405 e. The smallest absolute Gasteiger partial charge is 0.369 e. The predicted molar refractivity (Wildman–Crippen MR) is 181 cm³/mol. The van der Waals surface area contributed by atoms with Crippen LogP contribution in [0.15, 0.2) is 107 Å². The first-order valence-electron chi connectivity index (χ1n) is 16.4. The molecule has 48 heavy (non-hydrogen) atoms. The first kappa shape index (κ1) is 32.3. The van der Waals surface area contributed by atoms with Gasteiger partial charge in [0.1, 0.15) is 12.0 Å². The molecule has 4 aromatic carbocycles. The lowest BCUT2D eigenvalue weighted by molar-refractivity contribution is -0.141. The lowest BCUT2D eigenvalue weighted by Gasteiger charge is -2.40. The summed E-state index contributed by atoms with van der Waals surface area (Å²) in [4.78, 5) is 35.5. The molecule has 10 heteroatoms. The van der Waals surface area contributed by atoms with Crippen LogP contribution >= 0.6 is 11.8 Å². The van der Waals surface area contributed by atoms with Gasteiger partial charge in [0.15, 0.2) is 0 Å². The topological polar surface area (TPSA) is 55.9 Å². The van der Waals surface area contributed by atoms with E-state index in [1.807, 2.05) is 89.8 Å². The van der Waals surface area contributed by atoms with Crippen LogP contribution in [0.3, 0.4) is 0 Å². The number of hydrogen-bond donors (Lipinski definition) is 1. The number of nitrogens with one attached hydrogen (secondary N) is 1. The second-order valence-corrected chi connectivity index (χ2v) is 13.8. The second kappa shape index (κ2) is 13.3. The number of carbonyl (C=O) groups is 2. The summed E-state index contributed by atoms with van der Waals surface area (Å²) in [5, 5.41) is 2.24. The second-order valence-electron chi connectivity index (χ2n) is 12.7. The highest BCUT2D eigenvalue weighted by molar-refractivity contribution is 7.99. The summed E-state index contributed by atoms with van der Waals surface area (Å²) in [5.74, 6) is -0.551. The van der Waals surface area contributed by atoms with E-state index in [0.29, 0.717) is 25.9 Å². The number of carbonyl (C=O) groups excluding carboxylic acids is 2. The molecule has 7 rings (SSSR count). The summed E-state index contributed by atoms with van der Waals surface area (Å²) in [6, 6.07) is 31.4. The third-order valence-electron chi connectivity index (χ3n) is 9.70. The van der Waals surface area contributed by atoms with Crippen molar-refractivity contribution in [3.05, 3.63) is 125 Å². The zero-order valence-corrected chi connectivity index (χ0v) is 27.3. The molecule has 6 nitrogen and oxygen atoms in total. The van der Waals surface area contributed by atoms with Crippen molar-refractivity contribution < 1.29 is 22.8 Å². The SMILES string of the molecule is O=C1c2cc(N3CCN(CCCC4(C(=O)NCC(F)(F)F)c5ccccc5Sc5ccccc54)CC3)ccc2CN1Cc1ccccc1. The lowest BCUT2D eigenvalue weighted by Crippen LogP contribution is -2.50. The normalized spacial score (nSPS) is 17.1. The van der Waals surface area contributed by atoms with Crippen LogP contribution in [0.25, 0.3) is 0 Å². The van der Waals surface area contributed by atoms with Crippen LogP contribution in [-0.4, -0.2) is 67.1 Å². The monoisotopic (exact) mass is 670 g/mol. The molecule has 0 bridgehead atoms. The molecule has 1 N–H and O–H groups in total. The molecular weight excluding hydrogens is 634 g/mol. The zero-order chi connectivity index (χ0) is 33.3. The fourth-order valence-electron chi connectivity index (χ4n) is 7.31. The summed E-state index contributed by atoms with van der Waals surface area (Å²) in [6.45, 7) is 3.75. The van der Waals surface area contributed by atoms with Crippen LogP contribution < -0.4 is 10.2 Å². The van der Waals surface area contributed by atoms with Gasteiger partial charge in [-0.1, -0.05) is 84.6 Å². The van der Waals surface area contributed by atoms with E-state index in [4.69, 9.17) is 0 Å². The Morgan fingerprint density at radius 3 is 2.15 bits per heavy atom. The first-order valence-corrected chi connectivity index (χ1v) is 17.2. The van der Waals surface area contributed by atoms with E-state index >= 15 is 0 Å². The van der Waals surface area contributed by atoms with E-state index in [1.165, 1.54) is 0 Å². The summed E-state index contributed by atoms with van der Waals surface area (Å²) in [7, 11) is 0. The quantitative estimate of drug-likeness (QED) is 0.211. The molecular formula is C38H37F3N4O2S. The molecule has 0 unspecified atom stereocenters. The molecule has 1 fully saturated rings. The maximum absolute atomic E-state index is 13.9. The number of rotatable bonds is 9. The molecule has 3 heterocycles. The van der Waals surface area contributed by atoms with E-state index < -0.39 is 24.0 Å². The molecule has 0 spiro atoms. The van der Waals surface area contributed by atoms with Crippen molar-refractivity contribution >= 4 is 29.3 Å². The van der Waals surface area contributed by atoms with Crippen molar-refractivity contribution in [1.82, 2.24) is 15.1 Å². The molecule has 3 aliphatic rings. The van der Waals surface area contributed by atoms with E-state index in [2.05, 4.69) is 27.2 Å². The average Bonchev–Trinajstić information content (AvgIpc) is 3.40. The van der Waals surface area contributed by atoms with Gasteiger partial charge in [0, 0.05) is 60.3 Å². The Hall–Kier alpha value is -4.28. The van der Waals surface area contributed by atoms with Gasteiger partial charge in [-0.05, 0) is 65.9 Å². The number of hydrogen-bond acceptors (Lipinski definition) is 5. The highest BCUT2D eigenvalue weighted by atomic mass is 32.2.